The number of thiophene rings is 1. The molecule has 4 aliphatic heterocycles. The van der Waals surface area contributed by atoms with Crippen LogP contribution in [-0.2, 0) is 59.1 Å². The number of hydrogen-bond donors (Lipinski definition) is 3. The van der Waals surface area contributed by atoms with Crippen LogP contribution in [0.4, 0.5) is 196 Å². The first-order chi connectivity index (χ1) is 54.5. The first kappa shape index (κ1) is 88.2. The quantitative estimate of drug-likeness (QED) is 0.0799. The summed E-state index contributed by atoms with van der Waals surface area (Å²) in [4.78, 5) is 20.4. The number of aliphatic imine (C=N–C) groups is 1. The summed E-state index contributed by atoms with van der Waals surface area (Å²) in [7, 11) is -0.450. The Kier molecular flexibility index (Phi) is 18.6. The maximum atomic E-state index is 18.6. The zero-order valence-corrected chi connectivity index (χ0v) is 58.7. The molecule has 3 aromatic heterocycles. The number of aliphatic carboxylic acids is 1. The Morgan fingerprint density at radius 3 is 1.17 bits per heavy atom. The second kappa shape index (κ2) is 25.5. The molecule has 9 aromatic rings. The second-order valence-electron chi connectivity index (χ2n) is 27.3. The van der Waals surface area contributed by atoms with Crippen LogP contribution in [0.1, 0.15) is 86.1 Å². The van der Waals surface area contributed by atoms with E-state index in [0.29, 0.717) is 0 Å². The third kappa shape index (κ3) is 11.7. The molecule has 6 bridgehead atoms. The highest BCUT2D eigenvalue weighted by molar-refractivity contribution is 7.20. The topological polar surface area (TPSA) is 114 Å². The van der Waals surface area contributed by atoms with Gasteiger partial charge in [0.25, 0.3) is 17.2 Å². The predicted octanol–water partition coefficient (Wildman–Crippen LogP) is 22.0. The number of halogens is 42. The van der Waals surface area contributed by atoms with E-state index in [9.17, 15) is 23.1 Å². The van der Waals surface area contributed by atoms with Crippen LogP contribution in [-0.4, -0.2) is 115 Å². The number of rotatable bonds is 8. The van der Waals surface area contributed by atoms with Crippen molar-refractivity contribution in [1.29, 1.82) is 0 Å². The van der Waals surface area contributed by atoms with E-state index in [1.807, 2.05) is 0 Å². The fourth-order valence-corrected chi connectivity index (χ4v) is 16.4. The highest BCUT2D eigenvalue weighted by Crippen LogP contribution is 2.67. The van der Waals surface area contributed by atoms with Crippen LogP contribution in [0.3, 0.4) is 0 Å². The number of hydrogen-bond acceptors (Lipinski definition) is 7. The number of anilines is 1. The van der Waals surface area contributed by atoms with Gasteiger partial charge in [0, 0.05) is 68.1 Å². The lowest BCUT2D eigenvalue weighted by Gasteiger charge is -2.36. The summed E-state index contributed by atoms with van der Waals surface area (Å²) < 4.78 is 686. The normalized spacial score (nSPS) is 17.8. The summed E-state index contributed by atoms with van der Waals surface area (Å²) in [6, 6.07) is -2.41. The van der Waals surface area contributed by atoms with Gasteiger partial charge < -0.3 is 15.0 Å². The monoisotopic (exact) mass is 1820 g/mol. The molecule has 0 spiro atoms. The van der Waals surface area contributed by atoms with E-state index < -0.39 is 353 Å². The van der Waals surface area contributed by atoms with Crippen molar-refractivity contribution in [3.8, 4) is 0 Å². The summed E-state index contributed by atoms with van der Waals surface area (Å²) >= 11 is -1.17. The van der Waals surface area contributed by atoms with Crippen molar-refractivity contribution in [3.63, 3.8) is 0 Å². The molecule has 11 nitrogen and oxygen atoms in total. The molecule has 652 valence electrons. The third-order valence-electron chi connectivity index (χ3n) is 20.4. The van der Waals surface area contributed by atoms with Crippen LogP contribution < -0.4 is 21.8 Å². The van der Waals surface area contributed by atoms with Crippen LogP contribution in [0.5, 0.6) is 0 Å². The van der Waals surface area contributed by atoms with Crippen molar-refractivity contribution in [2.75, 3.05) is 5.32 Å². The van der Waals surface area contributed by atoms with E-state index >= 15 is 171 Å². The van der Waals surface area contributed by atoms with Gasteiger partial charge in [-0.15, -0.1) is 11.3 Å². The minimum atomic E-state index is -8.19. The second-order valence-corrected chi connectivity index (χ2v) is 28.3. The number of alkyl halides is 42. The average molecular weight is 1820 g/mol. The Morgan fingerprint density at radius 2 is 0.777 bits per heavy atom. The van der Waals surface area contributed by atoms with Crippen molar-refractivity contribution < 1.29 is 204 Å². The number of aromatic nitrogens is 2. The summed E-state index contributed by atoms with van der Waals surface area (Å²) in [6.45, 7) is -1.77. The van der Waals surface area contributed by atoms with Crippen molar-refractivity contribution >= 4 is 106 Å². The van der Waals surface area contributed by atoms with Crippen molar-refractivity contribution in [1.82, 2.24) is 14.7 Å². The number of amidine groups is 3. The minimum Gasteiger partial charge on any atom is -0.478 e. The van der Waals surface area contributed by atoms with Gasteiger partial charge >= 0.3 is 109 Å². The molecule has 7 heterocycles. The van der Waals surface area contributed by atoms with E-state index in [-0.39, 0.29) is 68.7 Å². The average Bonchev–Trinajstić information content (AvgIpc) is 1.55. The summed E-state index contributed by atoms with van der Waals surface area (Å²) in [5.41, 5.74) is -87.7. The van der Waals surface area contributed by atoms with E-state index in [1.54, 1.807) is 0 Å². The number of carboxylic acids is 1. The molecule has 0 saturated heterocycles. The van der Waals surface area contributed by atoms with E-state index in [4.69, 9.17) is 0 Å². The van der Waals surface area contributed by atoms with E-state index in [1.165, 1.54) is 10.9 Å². The van der Waals surface area contributed by atoms with Crippen LogP contribution in [0.15, 0.2) is 93.3 Å². The van der Waals surface area contributed by atoms with Crippen molar-refractivity contribution in [2.45, 2.75) is 128 Å². The molecule has 13 rings (SSSR count). The Bertz CT molecular complexity index is 6230. The van der Waals surface area contributed by atoms with Gasteiger partial charge in [-0.3, -0.25) is 4.57 Å². The predicted molar refractivity (Wildman–Crippen MR) is 331 cm³/mol. The highest BCUT2D eigenvalue weighted by Gasteiger charge is 2.81. The molecule has 0 saturated carbocycles. The van der Waals surface area contributed by atoms with Crippen molar-refractivity contribution in [3.05, 3.63) is 155 Å². The van der Waals surface area contributed by atoms with Crippen LogP contribution in [0.25, 0.3) is 59.3 Å². The van der Waals surface area contributed by atoms with Gasteiger partial charge in [0.2, 0.25) is 17.5 Å². The number of carbonyl (C=O) groups is 1. The molecule has 0 radical (unpaired) electrons. The van der Waals surface area contributed by atoms with E-state index in [2.05, 4.69) is 15.0 Å². The lowest BCUT2D eigenvalue weighted by Crippen LogP contribution is -2.53. The first-order valence-electron chi connectivity index (χ1n) is 32.2. The number of fused-ring (bicyclic) bond motifs is 19. The minimum absolute atomic E-state index is 0.0482. The zero-order valence-electron chi connectivity index (χ0n) is 57.9. The Hall–Kier alpha value is -10.6. The molecular formula is C67H29F42N9O2S+2. The van der Waals surface area contributed by atoms with Gasteiger partial charge in [-0.2, -0.15) is 168 Å². The van der Waals surface area contributed by atoms with Crippen LogP contribution >= 0.6 is 11.3 Å². The molecule has 6 aromatic carbocycles. The smallest absolute Gasteiger partial charge is 0.435 e. The molecular weight excluding hydrogens is 1790 g/mol. The number of carboxylic acid groups (broad SMARTS) is 1. The number of benzene rings is 6. The lowest BCUT2D eigenvalue weighted by molar-refractivity contribution is -0.786. The summed E-state index contributed by atoms with van der Waals surface area (Å²) in [6.07, 6.45) is -98.3. The van der Waals surface area contributed by atoms with Gasteiger partial charge in [0.1, 0.15) is 22.8 Å². The maximum absolute atomic E-state index is 18.6. The zero-order chi connectivity index (χ0) is 91.2. The lowest BCUT2D eigenvalue weighted by atomic mass is 9.76. The Morgan fingerprint density at radius 1 is 0.413 bits per heavy atom. The third-order valence-corrected chi connectivity index (χ3v) is 21.5. The van der Waals surface area contributed by atoms with Crippen molar-refractivity contribution in [2.24, 2.45) is 29.1 Å². The molecule has 121 heavy (non-hydrogen) atoms. The van der Waals surface area contributed by atoms with E-state index in [0.717, 1.165) is 0 Å². The maximum Gasteiger partial charge on any atom is 0.435 e. The molecule has 54 heteroatoms. The highest BCUT2D eigenvalue weighted by atomic mass is 32.1. The molecule has 0 amide bonds. The van der Waals surface area contributed by atoms with Crippen LogP contribution in [0.2, 0.25) is 0 Å². The fourth-order valence-electron chi connectivity index (χ4n) is 15.1. The van der Waals surface area contributed by atoms with Gasteiger partial charge in [-0.05, 0) is 57.8 Å². The fraction of sp³-hybridized carbons (Fsp3) is 0.343. The Balaban J connectivity index is 1.54. The van der Waals surface area contributed by atoms with Gasteiger partial charge in [-0.1, -0.05) is 82.2 Å². The number of nitrogens with one attached hydrogen (secondary N) is 2. The molecule has 3 atom stereocenters. The first-order valence-corrected chi connectivity index (χ1v) is 33.0. The standard InChI is InChI=1S/C67H27F42N9O2S/c1-50(68,58(80,81)82)33-18-11-5-7-13-20(18)35(52(70,60(86,87)88)61(89,90)91)28-26(33)41-110-46-30-31(38(55(73,66(104,105)106)67(107,108)109)23-16-10-9-15-22(23)37(30)54(72,64(98,99)100)65(101,102)103)47-112-43-32-39(57(77,78)79)25(17-24(49(119)120)56(74,75)76)121-40(32)48(116(43)4)113-44-27-29(45(111-42(28)115(41)3)117(44)114-118(46)47)36(53(71,62(92,93)94)63(95,96)97)21-14-8-6-12-19(21)34(27)51(2,69)59(83,84)85/h5-17,46H,1-4H3,(H-,110,113,114,119,120)/p+2. The number of nitrogens with zero attached hydrogens (tertiary/aromatic N) is 7. The van der Waals surface area contributed by atoms with Crippen LogP contribution in [0, 0.1) is 0 Å². The molecule has 3 N–H and O–H groups in total. The molecule has 3 unspecified atom stereocenters. The SMILES string of the molecule is Cn1c2c3c(C(F)(C(F)(F)F)C(F)(F)F)c4ccccc4c(C(C)(F)C(F)(F)F)c3c1NC1c3c(c(C(F)(C(F)(F)F)C(F)(F)F)c4ccccc4c3C(F)(C(F)(F)F)C(F)(F)F)C3=[N+]1N[N+]1=C(N=c4c5sc(C=C(C(=O)O)C(F)(F)F)c(C(F)(F)F)c5c(n4C)=N3)c3c(c(C(F)(C(F)(F)F)C(F)(F)F)c4ccccc4c3C(C)(F)C(F)(F)F)C1=N2. The van der Waals surface area contributed by atoms with Gasteiger partial charge in [0.15, 0.2) is 5.49 Å². The molecule has 0 aliphatic carbocycles. The summed E-state index contributed by atoms with van der Waals surface area (Å²) in [5, 5.41) is -13.5. The van der Waals surface area contributed by atoms with Gasteiger partial charge in [-0.25, -0.2) is 31.1 Å². The Labute approximate surface area is 640 Å². The number of hydrazine groups is 2. The number of hydrazone groups is 2. The molecule has 0 fully saturated rings. The summed E-state index contributed by atoms with van der Waals surface area (Å²) in [5.74, 6) is -18.4. The van der Waals surface area contributed by atoms with Gasteiger partial charge in [0.05, 0.1) is 32.3 Å². The largest absolute Gasteiger partial charge is 0.478 e. The molecule has 4 aliphatic rings.